The second kappa shape index (κ2) is 8.89. The topological polar surface area (TPSA) is 30.5 Å². The Hall–Kier alpha value is -0.120. The van der Waals surface area contributed by atoms with Crippen LogP contribution in [-0.4, -0.2) is 38.0 Å². The molecule has 1 aliphatic rings. The van der Waals surface area contributed by atoms with Gasteiger partial charge in [0.1, 0.15) is 0 Å². The number of rotatable bonds is 8. The Labute approximate surface area is 113 Å². The Morgan fingerprint density at radius 2 is 1.94 bits per heavy atom. The summed E-state index contributed by atoms with van der Waals surface area (Å²) in [4.78, 5) is 0. The van der Waals surface area contributed by atoms with Crippen LogP contribution in [0.3, 0.4) is 0 Å². The molecule has 108 valence electrons. The van der Waals surface area contributed by atoms with Crippen molar-refractivity contribution in [1.29, 1.82) is 0 Å². The van der Waals surface area contributed by atoms with Crippen molar-refractivity contribution in [3.05, 3.63) is 0 Å². The van der Waals surface area contributed by atoms with E-state index < -0.39 is 0 Å². The fourth-order valence-electron chi connectivity index (χ4n) is 2.43. The van der Waals surface area contributed by atoms with Gasteiger partial charge in [0.25, 0.3) is 0 Å². The largest absolute Gasteiger partial charge is 0.379 e. The predicted octanol–water partition coefficient (Wildman–Crippen LogP) is 2.98. The van der Waals surface area contributed by atoms with Crippen molar-refractivity contribution in [2.75, 3.05) is 19.8 Å². The molecule has 0 aromatic carbocycles. The van der Waals surface area contributed by atoms with Crippen molar-refractivity contribution in [2.45, 2.75) is 71.6 Å². The van der Waals surface area contributed by atoms with Crippen molar-refractivity contribution in [1.82, 2.24) is 5.32 Å². The molecule has 0 aromatic heterocycles. The van der Waals surface area contributed by atoms with Crippen LogP contribution in [-0.2, 0) is 9.47 Å². The highest BCUT2D eigenvalue weighted by Gasteiger charge is 2.26. The van der Waals surface area contributed by atoms with Gasteiger partial charge in [0, 0.05) is 18.7 Å². The fourth-order valence-corrected chi connectivity index (χ4v) is 2.43. The molecule has 1 saturated heterocycles. The number of nitrogens with one attached hydrogen (secondary N) is 1. The van der Waals surface area contributed by atoms with Gasteiger partial charge in [0.05, 0.1) is 19.3 Å². The van der Waals surface area contributed by atoms with Gasteiger partial charge in [0.2, 0.25) is 0 Å². The van der Waals surface area contributed by atoms with Gasteiger partial charge >= 0.3 is 0 Å². The molecular weight excluding hydrogens is 226 g/mol. The van der Waals surface area contributed by atoms with E-state index >= 15 is 0 Å². The van der Waals surface area contributed by atoms with Crippen LogP contribution >= 0.6 is 0 Å². The maximum absolute atomic E-state index is 5.95. The van der Waals surface area contributed by atoms with E-state index in [0.717, 1.165) is 38.6 Å². The normalized spacial score (nSPS) is 28.8. The molecular formula is C15H31NO2. The van der Waals surface area contributed by atoms with Gasteiger partial charge in [-0.25, -0.2) is 0 Å². The van der Waals surface area contributed by atoms with Crippen molar-refractivity contribution < 1.29 is 9.47 Å². The smallest absolute Gasteiger partial charge is 0.0729 e. The molecule has 3 nitrogen and oxygen atoms in total. The van der Waals surface area contributed by atoms with Crippen LogP contribution in [0.15, 0.2) is 0 Å². The number of ether oxygens (including phenoxy) is 2. The molecule has 0 saturated carbocycles. The lowest BCUT2D eigenvalue weighted by Gasteiger charge is -2.35. The van der Waals surface area contributed by atoms with Crippen LogP contribution in [0, 0.1) is 5.92 Å². The van der Waals surface area contributed by atoms with Crippen LogP contribution < -0.4 is 5.32 Å². The van der Waals surface area contributed by atoms with E-state index in [1.54, 1.807) is 0 Å². The summed E-state index contributed by atoms with van der Waals surface area (Å²) in [5, 5.41) is 3.62. The van der Waals surface area contributed by atoms with Crippen LogP contribution in [0.4, 0.5) is 0 Å². The van der Waals surface area contributed by atoms with Gasteiger partial charge in [0.15, 0.2) is 0 Å². The third kappa shape index (κ3) is 6.17. The van der Waals surface area contributed by atoms with Gasteiger partial charge in [-0.3, -0.25) is 0 Å². The highest BCUT2D eigenvalue weighted by molar-refractivity contribution is 4.84. The van der Waals surface area contributed by atoms with E-state index in [9.17, 15) is 0 Å². The summed E-state index contributed by atoms with van der Waals surface area (Å²) in [5.41, 5.74) is 0. The zero-order valence-corrected chi connectivity index (χ0v) is 12.6. The number of hydrogen-bond acceptors (Lipinski definition) is 3. The summed E-state index contributed by atoms with van der Waals surface area (Å²) < 4.78 is 11.5. The van der Waals surface area contributed by atoms with Gasteiger partial charge < -0.3 is 14.8 Å². The minimum atomic E-state index is 0.375. The molecule has 1 rings (SSSR count). The second-order valence-electron chi connectivity index (χ2n) is 5.86. The van der Waals surface area contributed by atoms with Gasteiger partial charge in [-0.1, -0.05) is 20.8 Å². The van der Waals surface area contributed by atoms with Gasteiger partial charge in [-0.2, -0.15) is 0 Å². The SMILES string of the molecule is CCC1NC(C)CCC1OCCOCCC(C)C. The molecule has 1 fully saturated rings. The van der Waals surface area contributed by atoms with Crippen LogP contribution in [0.25, 0.3) is 0 Å². The minimum absolute atomic E-state index is 0.375. The summed E-state index contributed by atoms with van der Waals surface area (Å²) in [7, 11) is 0. The molecule has 18 heavy (non-hydrogen) atoms. The molecule has 0 amide bonds. The molecule has 1 heterocycles. The summed E-state index contributed by atoms with van der Waals surface area (Å²) in [6, 6.07) is 1.15. The summed E-state index contributed by atoms with van der Waals surface area (Å²) in [6.45, 7) is 11.3. The minimum Gasteiger partial charge on any atom is -0.379 e. The van der Waals surface area contributed by atoms with E-state index in [2.05, 4.69) is 33.0 Å². The molecule has 1 aliphatic heterocycles. The molecule has 3 atom stereocenters. The number of piperidine rings is 1. The molecule has 0 spiro atoms. The summed E-state index contributed by atoms with van der Waals surface area (Å²) in [5.74, 6) is 0.722. The first-order chi connectivity index (χ1) is 8.63. The zero-order chi connectivity index (χ0) is 13.4. The first-order valence-corrected chi connectivity index (χ1v) is 7.58. The van der Waals surface area contributed by atoms with Crippen molar-refractivity contribution in [2.24, 2.45) is 5.92 Å². The van der Waals surface area contributed by atoms with E-state index in [0.29, 0.717) is 18.2 Å². The van der Waals surface area contributed by atoms with E-state index in [1.165, 1.54) is 12.8 Å². The molecule has 3 heteroatoms. The first-order valence-electron chi connectivity index (χ1n) is 7.58. The lowest BCUT2D eigenvalue weighted by atomic mass is 9.95. The average Bonchev–Trinajstić information content (AvgIpc) is 2.34. The maximum atomic E-state index is 5.95. The third-order valence-corrected chi connectivity index (χ3v) is 3.67. The third-order valence-electron chi connectivity index (χ3n) is 3.67. The molecule has 0 aromatic rings. The van der Waals surface area contributed by atoms with Gasteiger partial charge in [-0.15, -0.1) is 0 Å². The Balaban J connectivity index is 2.07. The maximum Gasteiger partial charge on any atom is 0.0729 e. The van der Waals surface area contributed by atoms with Gasteiger partial charge in [-0.05, 0) is 38.5 Å². The van der Waals surface area contributed by atoms with Crippen molar-refractivity contribution in [3.63, 3.8) is 0 Å². The Morgan fingerprint density at radius 3 is 2.61 bits per heavy atom. The van der Waals surface area contributed by atoms with E-state index in [4.69, 9.17) is 9.47 Å². The quantitative estimate of drug-likeness (QED) is 0.678. The molecule has 0 bridgehead atoms. The molecule has 3 unspecified atom stereocenters. The summed E-state index contributed by atoms with van der Waals surface area (Å²) in [6.07, 6.45) is 5.05. The van der Waals surface area contributed by atoms with Crippen molar-refractivity contribution in [3.8, 4) is 0 Å². The molecule has 0 radical (unpaired) electrons. The Bertz CT molecular complexity index is 209. The predicted molar refractivity (Wildman–Crippen MR) is 75.9 cm³/mol. The first kappa shape index (κ1) is 15.9. The standard InChI is InChI=1S/C15H31NO2/c1-5-14-15(7-6-13(4)16-14)18-11-10-17-9-8-12(2)3/h12-16H,5-11H2,1-4H3. The van der Waals surface area contributed by atoms with E-state index in [-0.39, 0.29) is 0 Å². The van der Waals surface area contributed by atoms with Crippen LogP contribution in [0.1, 0.15) is 53.4 Å². The van der Waals surface area contributed by atoms with Crippen LogP contribution in [0.2, 0.25) is 0 Å². The Kier molecular flexibility index (Phi) is 7.87. The Morgan fingerprint density at radius 1 is 1.17 bits per heavy atom. The average molecular weight is 257 g/mol. The van der Waals surface area contributed by atoms with E-state index in [1.807, 2.05) is 0 Å². The van der Waals surface area contributed by atoms with Crippen LogP contribution in [0.5, 0.6) is 0 Å². The second-order valence-corrected chi connectivity index (χ2v) is 5.86. The molecule has 1 N–H and O–H groups in total. The lowest BCUT2D eigenvalue weighted by molar-refractivity contribution is -0.0302. The highest BCUT2D eigenvalue weighted by atomic mass is 16.5. The fraction of sp³-hybridized carbons (Fsp3) is 1.00. The summed E-state index contributed by atoms with van der Waals surface area (Å²) >= 11 is 0. The van der Waals surface area contributed by atoms with Crippen molar-refractivity contribution >= 4 is 0 Å². The zero-order valence-electron chi connectivity index (χ0n) is 12.6. The molecule has 0 aliphatic carbocycles. The lowest BCUT2D eigenvalue weighted by Crippen LogP contribution is -2.50. The number of hydrogen-bond donors (Lipinski definition) is 1. The monoisotopic (exact) mass is 257 g/mol. The highest BCUT2D eigenvalue weighted by Crippen LogP contribution is 2.18.